The largest absolute Gasteiger partial charge is 0.478 e. The van der Waals surface area contributed by atoms with E-state index in [1.54, 1.807) is 48.5 Å². The lowest BCUT2D eigenvalue weighted by atomic mass is 10.1. The van der Waals surface area contributed by atoms with Gasteiger partial charge in [0.05, 0.1) is 28.2 Å². The van der Waals surface area contributed by atoms with Crippen LogP contribution in [0.2, 0.25) is 0 Å². The van der Waals surface area contributed by atoms with Crippen LogP contribution >= 0.6 is 12.0 Å². The quantitative estimate of drug-likeness (QED) is 0.0839. The highest BCUT2D eigenvalue weighted by atomic mass is 32.2. The molecule has 5 aromatic carbocycles. The Hall–Kier alpha value is -5.61. The van der Waals surface area contributed by atoms with E-state index >= 15 is 0 Å². The molecule has 0 atom stereocenters. The van der Waals surface area contributed by atoms with Crippen molar-refractivity contribution in [3.8, 4) is 23.7 Å². The summed E-state index contributed by atoms with van der Waals surface area (Å²) >= 11 is 0.911. The van der Waals surface area contributed by atoms with Crippen LogP contribution in [0.3, 0.4) is 0 Å². The molecule has 0 spiro atoms. The lowest BCUT2D eigenvalue weighted by Crippen LogP contribution is -2.12. The number of rotatable bonds is 6. The molecule has 0 aliphatic carbocycles. The van der Waals surface area contributed by atoms with Gasteiger partial charge in [0.1, 0.15) is 0 Å². The molecule has 7 nitrogen and oxygen atoms in total. The molecule has 5 rings (SSSR count). The fourth-order valence-corrected chi connectivity index (χ4v) is 4.08. The SMILES string of the molecule is NOOSc1ccccc1NC(=O)c1ccc(C#Cc2ccccc2)cc1.O=C(O)c1ccc(C#Cc2ccccc2)cc1. The number of hydrogen-bond acceptors (Lipinski definition) is 6. The molecule has 0 bridgehead atoms. The monoisotopic (exact) mass is 598 g/mol. The summed E-state index contributed by atoms with van der Waals surface area (Å²) in [5.41, 5.74) is 4.91. The average Bonchev–Trinajstić information content (AvgIpc) is 3.07. The molecule has 0 aromatic heterocycles. The van der Waals surface area contributed by atoms with Gasteiger partial charge in [-0.2, -0.15) is 5.90 Å². The fraction of sp³-hybridized carbons (Fsp3) is 0. The van der Waals surface area contributed by atoms with Gasteiger partial charge in [-0.1, -0.05) is 72.2 Å². The van der Waals surface area contributed by atoms with E-state index in [1.807, 2.05) is 84.9 Å². The summed E-state index contributed by atoms with van der Waals surface area (Å²) in [6.07, 6.45) is 0. The second-order valence-corrected chi connectivity index (χ2v) is 9.63. The summed E-state index contributed by atoms with van der Waals surface area (Å²) < 4.78 is 4.65. The van der Waals surface area contributed by atoms with Gasteiger partial charge in [-0.3, -0.25) is 4.79 Å². The van der Waals surface area contributed by atoms with E-state index in [9.17, 15) is 9.59 Å². The second kappa shape index (κ2) is 16.7. The molecule has 1 amide bonds. The summed E-state index contributed by atoms with van der Waals surface area (Å²) in [7, 11) is 0. The number of anilines is 1. The zero-order chi connectivity index (χ0) is 31.0. The smallest absolute Gasteiger partial charge is 0.335 e. The van der Waals surface area contributed by atoms with Gasteiger partial charge in [0.25, 0.3) is 5.91 Å². The van der Waals surface area contributed by atoms with Gasteiger partial charge in [0, 0.05) is 27.8 Å². The number of nitrogens with two attached hydrogens (primary N) is 1. The first kappa shape index (κ1) is 31.3. The van der Waals surface area contributed by atoms with Crippen LogP contribution < -0.4 is 11.2 Å². The third-order valence-electron chi connectivity index (χ3n) is 5.83. The van der Waals surface area contributed by atoms with Gasteiger partial charge in [0.15, 0.2) is 0 Å². The van der Waals surface area contributed by atoms with E-state index in [-0.39, 0.29) is 11.5 Å². The van der Waals surface area contributed by atoms with Crippen LogP contribution in [0.1, 0.15) is 43.0 Å². The molecule has 216 valence electrons. The Balaban J connectivity index is 0.000000223. The van der Waals surface area contributed by atoms with Gasteiger partial charge >= 0.3 is 5.97 Å². The third-order valence-corrected chi connectivity index (χ3v) is 6.51. The number of para-hydroxylation sites is 1. The molecule has 0 radical (unpaired) electrons. The van der Waals surface area contributed by atoms with E-state index in [0.717, 1.165) is 34.3 Å². The number of carboxylic acids is 1. The van der Waals surface area contributed by atoms with Crippen molar-refractivity contribution >= 4 is 29.6 Å². The van der Waals surface area contributed by atoms with E-state index in [4.69, 9.17) is 11.0 Å². The van der Waals surface area contributed by atoms with Gasteiger partial charge in [-0.25, -0.2) is 4.79 Å². The number of hydrogen-bond donors (Lipinski definition) is 3. The van der Waals surface area contributed by atoms with Gasteiger partial charge in [-0.15, -0.1) is 9.32 Å². The van der Waals surface area contributed by atoms with E-state index in [1.165, 1.54) is 0 Å². The number of carboxylic acid groups (broad SMARTS) is 1. The van der Waals surface area contributed by atoms with Crippen molar-refractivity contribution in [3.63, 3.8) is 0 Å². The molecule has 0 aliphatic rings. The number of carbonyl (C=O) groups is 2. The number of carbonyl (C=O) groups excluding carboxylic acids is 1. The molecule has 4 N–H and O–H groups in total. The predicted octanol–water partition coefficient (Wildman–Crippen LogP) is 6.95. The van der Waals surface area contributed by atoms with Crippen molar-refractivity contribution in [3.05, 3.63) is 167 Å². The Morgan fingerprint density at radius 1 is 0.591 bits per heavy atom. The number of amides is 1. The molecule has 0 fully saturated rings. The number of benzene rings is 5. The predicted molar refractivity (Wildman–Crippen MR) is 171 cm³/mol. The molecule has 8 heteroatoms. The maximum atomic E-state index is 12.5. The molecule has 0 aliphatic heterocycles. The number of nitrogens with one attached hydrogen (secondary N) is 1. The van der Waals surface area contributed by atoms with Crippen LogP contribution in [0.4, 0.5) is 5.69 Å². The molecular formula is C36H26N2O5S. The summed E-state index contributed by atoms with van der Waals surface area (Å²) in [5.74, 6) is 15.9. The second-order valence-electron chi connectivity index (χ2n) is 8.89. The summed E-state index contributed by atoms with van der Waals surface area (Å²) in [6, 6.07) is 40.2. The Labute approximate surface area is 259 Å². The van der Waals surface area contributed by atoms with Crippen molar-refractivity contribution in [2.45, 2.75) is 4.90 Å². The van der Waals surface area contributed by atoms with Crippen LogP contribution in [0, 0.1) is 23.7 Å². The molecule has 0 saturated carbocycles. The average molecular weight is 599 g/mol. The highest BCUT2D eigenvalue weighted by Gasteiger charge is 2.10. The first-order valence-electron chi connectivity index (χ1n) is 13.2. The van der Waals surface area contributed by atoms with Gasteiger partial charge < -0.3 is 10.4 Å². The standard InChI is InChI=1S/C21H16N2O3S.C15H10O2/c22-25-26-27-20-9-5-4-8-19(20)23-21(24)18-14-12-17(13-15-18)11-10-16-6-2-1-3-7-16;16-15(17)14-10-8-13(9-11-14)7-6-12-4-2-1-3-5-12/h1-9,12-15H,22H2,(H,23,24);1-5,8-11H,(H,16,17). The van der Waals surface area contributed by atoms with Crippen LogP contribution in [0.25, 0.3) is 0 Å². The highest BCUT2D eigenvalue weighted by Crippen LogP contribution is 2.28. The Bertz CT molecular complexity index is 1800. The number of aromatic carboxylic acids is 1. The Kier molecular flexibility index (Phi) is 11.9. The fourth-order valence-electron chi connectivity index (χ4n) is 3.63. The zero-order valence-electron chi connectivity index (χ0n) is 23.3. The van der Waals surface area contributed by atoms with Crippen molar-refractivity contribution in [2.24, 2.45) is 5.90 Å². The lowest BCUT2D eigenvalue weighted by Gasteiger charge is -2.09. The van der Waals surface area contributed by atoms with E-state index in [0.29, 0.717) is 16.1 Å². The molecular weight excluding hydrogens is 572 g/mol. The van der Waals surface area contributed by atoms with Crippen LogP contribution in [-0.4, -0.2) is 17.0 Å². The van der Waals surface area contributed by atoms with Crippen LogP contribution in [-0.2, 0) is 9.32 Å². The van der Waals surface area contributed by atoms with Crippen molar-refractivity contribution in [1.82, 2.24) is 0 Å². The normalized spacial score (nSPS) is 9.66. The molecule has 5 aromatic rings. The maximum absolute atomic E-state index is 12.5. The molecule has 0 heterocycles. The van der Waals surface area contributed by atoms with Gasteiger partial charge in [-0.05, 0) is 84.9 Å². The summed E-state index contributed by atoms with van der Waals surface area (Å²) in [6.45, 7) is 0. The van der Waals surface area contributed by atoms with Crippen LogP contribution in [0.5, 0.6) is 0 Å². The first-order chi connectivity index (χ1) is 21.5. The van der Waals surface area contributed by atoms with E-state index < -0.39 is 5.97 Å². The van der Waals surface area contributed by atoms with Crippen molar-refractivity contribution in [1.29, 1.82) is 0 Å². The third kappa shape index (κ3) is 10.0. The van der Waals surface area contributed by atoms with Crippen molar-refractivity contribution in [2.75, 3.05) is 5.32 Å². The Morgan fingerprint density at radius 3 is 1.50 bits per heavy atom. The summed E-state index contributed by atoms with van der Waals surface area (Å²) in [4.78, 5) is 27.9. The minimum Gasteiger partial charge on any atom is -0.478 e. The van der Waals surface area contributed by atoms with Crippen LogP contribution in [0.15, 0.2) is 138 Å². The zero-order valence-corrected chi connectivity index (χ0v) is 24.1. The molecule has 0 saturated heterocycles. The van der Waals surface area contributed by atoms with Crippen molar-refractivity contribution < 1.29 is 24.0 Å². The minimum atomic E-state index is -0.924. The Morgan fingerprint density at radius 2 is 1.02 bits per heavy atom. The molecule has 44 heavy (non-hydrogen) atoms. The van der Waals surface area contributed by atoms with E-state index in [2.05, 4.69) is 38.3 Å². The topological polar surface area (TPSA) is 111 Å². The maximum Gasteiger partial charge on any atom is 0.335 e. The minimum absolute atomic E-state index is 0.237. The highest BCUT2D eigenvalue weighted by molar-refractivity contribution is 7.94. The lowest BCUT2D eigenvalue weighted by molar-refractivity contribution is -0.195. The summed E-state index contributed by atoms with van der Waals surface area (Å²) in [5, 5.41) is 11.6. The molecule has 0 unspecified atom stereocenters. The first-order valence-corrected chi connectivity index (χ1v) is 13.9. The van der Waals surface area contributed by atoms with Gasteiger partial charge in [0.2, 0.25) is 0 Å².